The van der Waals surface area contributed by atoms with Gasteiger partial charge in [0, 0.05) is 31.9 Å². The number of nitrogens with two attached hydrogens (primary N) is 1. The Labute approximate surface area is 130 Å². The van der Waals surface area contributed by atoms with Crippen LogP contribution < -0.4 is 10.6 Å². The van der Waals surface area contributed by atoms with E-state index in [1.165, 1.54) is 0 Å². The molecule has 116 valence electrons. The Kier molecular flexibility index (Phi) is 5.19. The van der Waals surface area contributed by atoms with Gasteiger partial charge in [0.25, 0.3) is 0 Å². The van der Waals surface area contributed by atoms with Crippen molar-refractivity contribution in [3.63, 3.8) is 0 Å². The van der Waals surface area contributed by atoms with Crippen LogP contribution in [0.25, 0.3) is 5.57 Å². The summed E-state index contributed by atoms with van der Waals surface area (Å²) in [6.45, 7) is 2.46. The number of hydrogen-bond donors (Lipinski definition) is 2. The van der Waals surface area contributed by atoms with Gasteiger partial charge in [0.1, 0.15) is 0 Å². The van der Waals surface area contributed by atoms with Crippen molar-refractivity contribution in [2.45, 2.75) is 6.92 Å². The molecular weight excluding hydrogens is 278 g/mol. The average molecular weight is 299 g/mol. The second-order valence-corrected chi connectivity index (χ2v) is 4.89. The van der Waals surface area contributed by atoms with Gasteiger partial charge in [-0.15, -0.1) is 0 Å². The first-order valence-electron chi connectivity index (χ1n) is 7.00. The molecule has 0 aliphatic rings. The van der Waals surface area contributed by atoms with E-state index in [4.69, 9.17) is 10.2 Å². The van der Waals surface area contributed by atoms with Crippen molar-refractivity contribution in [1.82, 2.24) is 10.2 Å². The number of furan rings is 1. The first-order chi connectivity index (χ1) is 10.6. The molecule has 2 aromatic rings. The predicted molar refractivity (Wildman–Crippen MR) is 90.0 cm³/mol. The monoisotopic (exact) mass is 299 g/mol. The Balaban J connectivity index is 2.02. The van der Waals surface area contributed by atoms with Gasteiger partial charge in [-0.05, 0) is 12.5 Å². The number of amidine groups is 1. The summed E-state index contributed by atoms with van der Waals surface area (Å²) in [4.78, 5) is 6.27. The van der Waals surface area contributed by atoms with Crippen LogP contribution in [0.15, 0.2) is 52.4 Å². The molecule has 0 saturated carbocycles. The zero-order valence-corrected chi connectivity index (χ0v) is 13.1. The van der Waals surface area contributed by atoms with Gasteiger partial charge >= 0.3 is 0 Å². The van der Waals surface area contributed by atoms with Crippen LogP contribution in [0.2, 0.25) is 0 Å². The third kappa shape index (κ3) is 3.66. The van der Waals surface area contributed by atoms with Gasteiger partial charge in [-0.3, -0.25) is 10.1 Å². The van der Waals surface area contributed by atoms with Crippen molar-refractivity contribution < 1.29 is 4.42 Å². The second kappa shape index (κ2) is 7.31. The number of aromatic nitrogens is 2. The van der Waals surface area contributed by atoms with Crippen molar-refractivity contribution in [3.8, 4) is 0 Å². The summed E-state index contributed by atoms with van der Waals surface area (Å²) in [7, 11) is 3.87. The van der Waals surface area contributed by atoms with Crippen molar-refractivity contribution in [2.24, 2.45) is 10.7 Å². The van der Waals surface area contributed by atoms with Crippen LogP contribution in [-0.4, -0.2) is 36.7 Å². The van der Waals surface area contributed by atoms with E-state index in [1.807, 2.05) is 56.4 Å². The normalized spacial score (nSPS) is 13.0. The van der Waals surface area contributed by atoms with Gasteiger partial charge < -0.3 is 15.1 Å². The lowest BCUT2D eigenvalue weighted by Crippen LogP contribution is -2.18. The topological polar surface area (TPSA) is 83.4 Å². The summed E-state index contributed by atoms with van der Waals surface area (Å²) in [6.07, 6.45) is 11.2. The van der Waals surface area contributed by atoms with E-state index in [0.29, 0.717) is 18.1 Å². The smallest absolute Gasteiger partial charge is 0.191 e. The van der Waals surface area contributed by atoms with Crippen LogP contribution in [0.1, 0.15) is 18.2 Å². The second-order valence-electron chi connectivity index (χ2n) is 4.89. The number of hydrogen-bond acceptors (Lipinski definition) is 4. The summed E-state index contributed by atoms with van der Waals surface area (Å²) in [5, 5.41) is 6.74. The SMILES string of the molecule is C/C=C(\C=C/CN=C(N)c1occc1N(C)C)c1cn[nH]c1. The molecule has 6 heteroatoms. The third-order valence-corrected chi connectivity index (χ3v) is 3.17. The Hall–Kier alpha value is -2.76. The third-order valence-electron chi connectivity index (χ3n) is 3.17. The molecule has 0 aliphatic carbocycles. The van der Waals surface area contributed by atoms with Crippen LogP contribution in [-0.2, 0) is 0 Å². The number of aliphatic imine (C=N–C) groups is 1. The first-order valence-corrected chi connectivity index (χ1v) is 7.00. The van der Waals surface area contributed by atoms with Crippen molar-refractivity contribution in [2.75, 3.05) is 25.5 Å². The fourth-order valence-corrected chi connectivity index (χ4v) is 2.02. The Bertz CT molecular complexity index is 677. The molecule has 0 aromatic carbocycles. The molecule has 0 spiro atoms. The summed E-state index contributed by atoms with van der Waals surface area (Å²) in [5.41, 5.74) is 9.02. The van der Waals surface area contributed by atoms with Crippen LogP contribution in [0.5, 0.6) is 0 Å². The molecular formula is C16H21N5O. The zero-order valence-electron chi connectivity index (χ0n) is 13.1. The van der Waals surface area contributed by atoms with E-state index < -0.39 is 0 Å². The van der Waals surface area contributed by atoms with Crippen LogP contribution >= 0.6 is 0 Å². The van der Waals surface area contributed by atoms with E-state index in [-0.39, 0.29) is 0 Å². The molecule has 2 rings (SSSR count). The van der Waals surface area contributed by atoms with Gasteiger partial charge in [-0.25, -0.2) is 0 Å². The van der Waals surface area contributed by atoms with Gasteiger partial charge in [-0.1, -0.05) is 18.2 Å². The molecule has 6 nitrogen and oxygen atoms in total. The van der Waals surface area contributed by atoms with Gasteiger partial charge in [-0.2, -0.15) is 5.10 Å². The molecule has 0 amide bonds. The molecule has 0 saturated heterocycles. The summed E-state index contributed by atoms with van der Waals surface area (Å²) in [6, 6.07) is 1.87. The maximum absolute atomic E-state index is 5.99. The van der Waals surface area contributed by atoms with Gasteiger partial charge in [0.2, 0.25) is 0 Å². The lowest BCUT2D eigenvalue weighted by molar-refractivity contribution is 0.556. The molecule has 2 aromatic heterocycles. The van der Waals surface area contributed by atoms with E-state index in [0.717, 1.165) is 16.8 Å². The number of anilines is 1. The fraction of sp³-hybridized carbons (Fsp3) is 0.250. The van der Waals surface area contributed by atoms with Gasteiger partial charge in [0.05, 0.1) is 24.7 Å². The minimum atomic E-state index is 0.392. The van der Waals surface area contributed by atoms with Crippen LogP contribution in [0.3, 0.4) is 0 Å². The summed E-state index contributed by atoms with van der Waals surface area (Å²) < 4.78 is 5.40. The number of H-pyrrole nitrogens is 1. The number of nitrogens with one attached hydrogen (secondary N) is 1. The van der Waals surface area contributed by atoms with E-state index in [1.54, 1.807) is 12.5 Å². The molecule has 0 atom stereocenters. The molecule has 0 aliphatic heterocycles. The highest BCUT2D eigenvalue weighted by atomic mass is 16.3. The number of rotatable bonds is 6. The minimum Gasteiger partial charge on any atom is -0.459 e. The van der Waals surface area contributed by atoms with Crippen LogP contribution in [0.4, 0.5) is 5.69 Å². The predicted octanol–water partition coefficient (Wildman–Crippen LogP) is 2.43. The molecule has 0 bridgehead atoms. The van der Waals surface area contributed by atoms with E-state index in [2.05, 4.69) is 15.2 Å². The summed E-state index contributed by atoms with van der Waals surface area (Å²) in [5.74, 6) is 0.989. The number of allylic oxidation sites excluding steroid dienone is 3. The van der Waals surface area contributed by atoms with Crippen LogP contribution in [0, 0.1) is 0 Å². The Morgan fingerprint density at radius 3 is 2.95 bits per heavy atom. The number of nitrogens with zero attached hydrogens (tertiary/aromatic N) is 3. The summed E-state index contributed by atoms with van der Waals surface area (Å²) >= 11 is 0. The van der Waals surface area contributed by atoms with Crippen molar-refractivity contribution in [1.29, 1.82) is 0 Å². The molecule has 0 unspecified atom stereocenters. The molecule has 0 fully saturated rings. The maximum Gasteiger partial charge on any atom is 0.191 e. The highest BCUT2D eigenvalue weighted by Crippen LogP contribution is 2.19. The average Bonchev–Trinajstić information content (AvgIpc) is 3.18. The molecule has 2 heterocycles. The Morgan fingerprint density at radius 1 is 1.50 bits per heavy atom. The van der Waals surface area contributed by atoms with Crippen molar-refractivity contribution in [3.05, 3.63) is 54.3 Å². The zero-order chi connectivity index (χ0) is 15.9. The first kappa shape index (κ1) is 15.6. The Morgan fingerprint density at radius 2 is 2.32 bits per heavy atom. The van der Waals surface area contributed by atoms with E-state index >= 15 is 0 Å². The van der Waals surface area contributed by atoms with E-state index in [9.17, 15) is 0 Å². The van der Waals surface area contributed by atoms with Crippen molar-refractivity contribution >= 4 is 17.1 Å². The maximum atomic E-state index is 5.99. The molecule has 0 radical (unpaired) electrons. The number of aromatic amines is 1. The highest BCUT2D eigenvalue weighted by Gasteiger charge is 2.11. The lowest BCUT2D eigenvalue weighted by atomic mass is 10.1. The fourth-order valence-electron chi connectivity index (χ4n) is 2.02. The minimum absolute atomic E-state index is 0.392. The lowest BCUT2D eigenvalue weighted by Gasteiger charge is -2.11. The molecule has 22 heavy (non-hydrogen) atoms. The quantitative estimate of drug-likeness (QED) is 0.487. The highest BCUT2D eigenvalue weighted by molar-refractivity contribution is 5.99. The largest absolute Gasteiger partial charge is 0.459 e. The van der Waals surface area contributed by atoms with Gasteiger partial charge in [0.15, 0.2) is 11.6 Å². The molecule has 3 N–H and O–H groups in total. The standard InChI is InChI=1S/C16H21N5O/c1-4-12(13-10-19-20-11-13)6-5-8-18-16(17)15-14(21(2)3)7-9-22-15/h4-7,9-11H,8H2,1-3H3,(H2,17,18)(H,19,20)/b6-5-,12-4+.